The summed E-state index contributed by atoms with van der Waals surface area (Å²) in [6, 6.07) is 5.81. The normalized spacial score (nSPS) is 16.5. The molecular weight excluding hydrogens is 268 g/mol. The van der Waals surface area contributed by atoms with E-state index in [1.807, 2.05) is 32.0 Å². The van der Waals surface area contributed by atoms with Crippen LogP contribution in [0.15, 0.2) is 24.4 Å². The summed E-state index contributed by atoms with van der Waals surface area (Å²) >= 11 is 0. The highest BCUT2D eigenvalue weighted by molar-refractivity contribution is 5.89. The number of benzene rings is 1. The van der Waals surface area contributed by atoms with Crippen LogP contribution in [0.2, 0.25) is 0 Å². The Bertz CT molecular complexity index is 655. The number of hydrogen-bond donors (Lipinski definition) is 1. The average Bonchev–Trinajstić information content (AvgIpc) is 2.51. The first-order valence-corrected chi connectivity index (χ1v) is 7.19. The Morgan fingerprint density at radius 2 is 2.00 bits per heavy atom. The van der Waals surface area contributed by atoms with E-state index < -0.39 is 0 Å². The summed E-state index contributed by atoms with van der Waals surface area (Å²) in [6.45, 7) is 5.57. The van der Waals surface area contributed by atoms with E-state index in [-0.39, 0.29) is 5.54 Å². The third kappa shape index (κ3) is 2.88. The van der Waals surface area contributed by atoms with Gasteiger partial charge in [0.2, 0.25) is 5.88 Å². The van der Waals surface area contributed by atoms with Crippen molar-refractivity contribution in [2.45, 2.75) is 25.8 Å². The van der Waals surface area contributed by atoms with Gasteiger partial charge in [-0.15, -0.1) is 0 Å². The van der Waals surface area contributed by atoms with Crippen LogP contribution in [0.1, 0.15) is 20.3 Å². The molecule has 1 aromatic carbocycles. The minimum Gasteiger partial charge on any atom is -0.486 e. The molecule has 0 saturated carbocycles. The number of fused-ring (bicyclic) bond motifs is 2. The summed E-state index contributed by atoms with van der Waals surface area (Å²) in [7, 11) is 0. The van der Waals surface area contributed by atoms with Crippen molar-refractivity contribution in [1.82, 2.24) is 4.98 Å². The predicted octanol–water partition coefficient (Wildman–Crippen LogP) is 2.51. The lowest BCUT2D eigenvalue weighted by Crippen LogP contribution is -2.41. The van der Waals surface area contributed by atoms with Crippen LogP contribution >= 0.6 is 0 Å². The molecule has 1 unspecified atom stereocenters. The fourth-order valence-corrected chi connectivity index (χ4v) is 2.13. The van der Waals surface area contributed by atoms with Crippen LogP contribution in [-0.2, 0) is 0 Å². The van der Waals surface area contributed by atoms with E-state index in [0.717, 1.165) is 28.7 Å². The number of ether oxygens (including phenoxy) is 3. The molecule has 1 aromatic heterocycles. The molecular formula is C16H20N2O3. The van der Waals surface area contributed by atoms with Crippen LogP contribution in [-0.4, -0.2) is 30.3 Å². The van der Waals surface area contributed by atoms with Crippen molar-refractivity contribution in [3.63, 3.8) is 0 Å². The fraction of sp³-hybridized carbons (Fsp3) is 0.438. The van der Waals surface area contributed by atoms with Crippen LogP contribution < -0.4 is 19.9 Å². The molecule has 5 nitrogen and oxygen atoms in total. The van der Waals surface area contributed by atoms with Crippen molar-refractivity contribution < 1.29 is 14.2 Å². The van der Waals surface area contributed by atoms with Gasteiger partial charge in [0, 0.05) is 17.1 Å². The highest BCUT2D eigenvalue weighted by Gasteiger charge is 2.19. The van der Waals surface area contributed by atoms with Crippen LogP contribution in [0.3, 0.4) is 0 Å². The Morgan fingerprint density at radius 1 is 1.29 bits per heavy atom. The second-order valence-corrected chi connectivity index (χ2v) is 5.63. The zero-order chi connectivity index (χ0) is 14.9. The molecule has 2 N–H and O–H groups in total. The molecule has 2 aromatic rings. The molecule has 0 bridgehead atoms. The molecule has 2 heterocycles. The molecule has 0 fully saturated rings. The van der Waals surface area contributed by atoms with E-state index in [1.165, 1.54) is 0 Å². The molecule has 1 aliphatic rings. The predicted molar refractivity (Wildman–Crippen MR) is 81.1 cm³/mol. The van der Waals surface area contributed by atoms with Crippen LogP contribution in [0.4, 0.5) is 0 Å². The zero-order valence-electron chi connectivity index (χ0n) is 12.4. The Hall–Kier alpha value is -2.01. The van der Waals surface area contributed by atoms with Crippen LogP contribution in [0.25, 0.3) is 10.8 Å². The number of pyridine rings is 1. The van der Waals surface area contributed by atoms with Gasteiger partial charge in [0.1, 0.15) is 19.8 Å². The zero-order valence-corrected chi connectivity index (χ0v) is 12.4. The quantitative estimate of drug-likeness (QED) is 0.936. The first kappa shape index (κ1) is 13.9. The van der Waals surface area contributed by atoms with Gasteiger partial charge in [-0.05, 0) is 36.9 Å². The van der Waals surface area contributed by atoms with E-state index >= 15 is 0 Å². The molecule has 1 aliphatic heterocycles. The van der Waals surface area contributed by atoms with Gasteiger partial charge in [0.15, 0.2) is 11.5 Å². The Morgan fingerprint density at radius 3 is 2.71 bits per heavy atom. The lowest BCUT2D eigenvalue weighted by Gasteiger charge is -2.23. The number of rotatable bonds is 4. The van der Waals surface area contributed by atoms with Gasteiger partial charge < -0.3 is 19.9 Å². The molecule has 1 atom stereocenters. The third-order valence-corrected chi connectivity index (χ3v) is 3.74. The van der Waals surface area contributed by atoms with E-state index in [9.17, 15) is 0 Å². The smallest absolute Gasteiger partial charge is 0.221 e. The molecule has 0 aliphatic carbocycles. The standard InChI is InChI=1S/C16H20N2O3/c1-3-16(2,17)10-21-15-12-9-14-13(19-6-7-20-14)8-11(12)4-5-18-15/h4-5,8-9H,3,6-7,10,17H2,1-2H3. The topological polar surface area (TPSA) is 66.6 Å². The molecule has 5 heteroatoms. The molecule has 21 heavy (non-hydrogen) atoms. The van der Waals surface area contributed by atoms with Crippen molar-refractivity contribution in [3.05, 3.63) is 24.4 Å². The van der Waals surface area contributed by atoms with Crippen LogP contribution in [0.5, 0.6) is 17.4 Å². The lowest BCUT2D eigenvalue weighted by molar-refractivity contribution is 0.172. The number of aromatic nitrogens is 1. The summed E-state index contributed by atoms with van der Waals surface area (Å²) < 4.78 is 17.1. The third-order valence-electron chi connectivity index (χ3n) is 3.74. The SMILES string of the molecule is CCC(C)(N)COc1nccc2cc3c(cc12)OCCO3. The van der Waals surface area contributed by atoms with Gasteiger partial charge in [-0.1, -0.05) is 6.92 Å². The highest BCUT2D eigenvalue weighted by Crippen LogP contribution is 2.37. The van der Waals surface area contributed by atoms with Crippen molar-refractivity contribution in [2.24, 2.45) is 5.73 Å². The maximum Gasteiger partial charge on any atom is 0.221 e. The molecule has 0 radical (unpaired) electrons. The maximum absolute atomic E-state index is 6.12. The van der Waals surface area contributed by atoms with Gasteiger partial charge in [-0.25, -0.2) is 4.98 Å². The van der Waals surface area contributed by atoms with Gasteiger partial charge in [0.25, 0.3) is 0 Å². The molecule has 3 rings (SSSR count). The lowest BCUT2D eigenvalue weighted by atomic mass is 10.0. The molecule has 0 saturated heterocycles. The maximum atomic E-state index is 6.12. The van der Waals surface area contributed by atoms with Crippen LogP contribution in [0, 0.1) is 0 Å². The summed E-state index contributed by atoms with van der Waals surface area (Å²) in [4.78, 5) is 4.32. The van der Waals surface area contributed by atoms with Crippen molar-refractivity contribution in [2.75, 3.05) is 19.8 Å². The highest BCUT2D eigenvalue weighted by atomic mass is 16.6. The number of hydrogen-bond acceptors (Lipinski definition) is 5. The van der Waals surface area contributed by atoms with Gasteiger partial charge in [-0.3, -0.25) is 0 Å². The molecule has 0 spiro atoms. The molecule has 112 valence electrons. The fourth-order valence-electron chi connectivity index (χ4n) is 2.13. The van der Waals surface area contributed by atoms with Crippen molar-refractivity contribution in [3.8, 4) is 17.4 Å². The minimum atomic E-state index is -0.363. The van der Waals surface area contributed by atoms with E-state index in [1.54, 1.807) is 6.20 Å². The van der Waals surface area contributed by atoms with E-state index in [4.69, 9.17) is 19.9 Å². The largest absolute Gasteiger partial charge is 0.486 e. The summed E-state index contributed by atoms with van der Waals surface area (Å²) in [5.74, 6) is 2.08. The Labute approximate surface area is 124 Å². The monoisotopic (exact) mass is 288 g/mol. The minimum absolute atomic E-state index is 0.363. The average molecular weight is 288 g/mol. The van der Waals surface area contributed by atoms with Gasteiger partial charge in [-0.2, -0.15) is 0 Å². The second-order valence-electron chi connectivity index (χ2n) is 5.63. The molecule has 0 amide bonds. The Kier molecular flexibility index (Phi) is 3.59. The second kappa shape index (κ2) is 5.41. The first-order valence-electron chi connectivity index (χ1n) is 7.19. The summed E-state index contributed by atoms with van der Waals surface area (Å²) in [5.41, 5.74) is 5.76. The number of nitrogens with two attached hydrogens (primary N) is 1. The van der Waals surface area contributed by atoms with Crippen molar-refractivity contribution >= 4 is 10.8 Å². The first-order chi connectivity index (χ1) is 10.1. The Balaban J connectivity index is 1.95. The van der Waals surface area contributed by atoms with Gasteiger partial charge in [0.05, 0.1) is 0 Å². The van der Waals surface area contributed by atoms with E-state index in [0.29, 0.717) is 25.7 Å². The number of nitrogens with zero attached hydrogens (tertiary/aromatic N) is 1. The summed E-state index contributed by atoms with van der Waals surface area (Å²) in [5, 5.41) is 1.92. The van der Waals surface area contributed by atoms with Gasteiger partial charge >= 0.3 is 0 Å². The summed E-state index contributed by atoms with van der Waals surface area (Å²) in [6.07, 6.45) is 2.57. The van der Waals surface area contributed by atoms with Crippen molar-refractivity contribution in [1.29, 1.82) is 0 Å². The van der Waals surface area contributed by atoms with E-state index in [2.05, 4.69) is 4.98 Å².